The lowest BCUT2D eigenvalue weighted by Crippen LogP contribution is -2.29. The largest absolute Gasteiger partial charge is 0.482 e. The van der Waals surface area contributed by atoms with Gasteiger partial charge in [0.1, 0.15) is 5.75 Å². The molecule has 6 nitrogen and oxygen atoms in total. The maximum Gasteiger partial charge on any atom is 0.262 e. The molecule has 0 radical (unpaired) electrons. The van der Waals surface area contributed by atoms with E-state index in [-0.39, 0.29) is 12.5 Å². The molecule has 1 aromatic heterocycles. The highest BCUT2D eigenvalue weighted by Gasteiger charge is 2.21. The molecule has 1 fully saturated rings. The fraction of sp³-hybridized carbons (Fsp3) is 0.385. The quantitative estimate of drug-likeness (QED) is 0.653. The summed E-state index contributed by atoms with van der Waals surface area (Å²) in [5.41, 5.74) is 8.82. The van der Waals surface area contributed by atoms with E-state index in [2.05, 4.69) is 40.8 Å². The number of piperidine rings is 1. The molecule has 0 bridgehead atoms. The van der Waals surface area contributed by atoms with Gasteiger partial charge in [0.15, 0.2) is 6.61 Å². The lowest BCUT2D eigenvalue weighted by atomic mass is 9.94. The lowest BCUT2D eigenvalue weighted by molar-refractivity contribution is -0.118. The van der Waals surface area contributed by atoms with E-state index in [1.54, 1.807) is 0 Å². The number of carbonyl (C=O) groups excluding carboxylic acids is 1. The molecule has 0 saturated carbocycles. The van der Waals surface area contributed by atoms with Crippen LogP contribution < -0.4 is 10.1 Å². The molecule has 6 heteroatoms. The maximum absolute atomic E-state index is 11.6. The summed E-state index contributed by atoms with van der Waals surface area (Å²) in [7, 11) is 2.02. The van der Waals surface area contributed by atoms with Crippen molar-refractivity contribution < 1.29 is 9.53 Å². The van der Waals surface area contributed by atoms with Crippen LogP contribution in [0.2, 0.25) is 0 Å². The highest BCUT2D eigenvalue weighted by atomic mass is 16.5. The number of fused-ring (bicyclic) bond motifs is 1. The molecule has 3 aromatic rings. The third-order valence-electron chi connectivity index (χ3n) is 6.51. The van der Waals surface area contributed by atoms with Gasteiger partial charge in [-0.3, -0.25) is 9.69 Å². The van der Waals surface area contributed by atoms with Crippen LogP contribution in [0, 0.1) is 13.8 Å². The molecule has 1 N–H and O–H groups in total. The third-order valence-corrected chi connectivity index (χ3v) is 6.51. The van der Waals surface area contributed by atoms with Crippen molar-refractivity contribution >= 4 is 11.6 Å². The zero-order valence-corrected chi connectivity index (χ0v) is 19.1. The SMILES string of the molecule is Cc1cc(CN2CCCCC2)cc(C)c1-c1ncn(C)c1-c1ccc2c(c1)OCC(=O)N2. The summed E-state index contributed by atoms with van der Waals surface area (Å²) in [4.78, 5) is 19.0. The summed E-state index contributed by atoms with van der Waals surface area (Å²) in [5, 5.41) is 2.86. The molecule has 0 aliphatic carbocycles. The van der Waals surface area contributed by atoms with Gasteiger partial charge in [-0.2, -0.15) is 0 Å². The van der Waals surface area contributed by atoms with Crippen LogP contribution in [0.15, 0.2) is 36.7 Å². The molecular formula is C26H30N4O2. The Morgan fingerprint density at radius 2 is 1.81 bits per heavy atom. The monoisotopic (exact) mass is 430 g/mol. The predicted molar refractivity (Wildman–Crippen MR) is 127 cm³/mol. The third kappa shape index (κ3) is 3.91. The number of benzene rings is 2. The Balaban J connectivity index is 1.51. The fourth-order valence-electron chi connectivity index (χ4n) is 5.07. The second kappa shape index (κ2) is 8.43. The zero-order chi connectivity index (χ0) is 22.2. The topological polar surface area (TPSA) is 59.4 Å². The number of ether oxygens (including phenoxy) is 1. The van der Waals surface area contributed by atoms with E-state index < -0.39 is 0 Å². The van der Waals surface area contributed by atoms with E-state index in [1.807, 2.05) is 31.6 Å². The zero-order valence-electron chi connectivity index (χ0n) is 19.1. The van der Waals surface area contributed by atoms with Gasteiger partial charge in [0.25, 0.3) is 5.91 Å². The number of nitrogens with zero attached hydrogens (tertiary/aromatic N) is 3. The summed E-state index contributed by atoms with van der Waals surface area (Å²) in [6, 6.07) is 10.6. The van der Waals surface area contributed by atoms with Gasteiger partial charge in [0.2, 0.25) is 0 Å². The first-order valence-electron chi connectivity index (χ1n) is 11.4. The van der Waals surface area contributed by atoms with E-state index in [1.165, 1.54) is 54.6 Å². The number of aromatic nitrogens is 2. The van der Waals surface area contributed by atoms with Crippen molar-refractivity contribution in [2.24, 2.45) is 7.05 Å². The highest BCUT2D eigenvalue weighted by Crippen LogP contribution is 2.39. The maximum atomic E-state index is 11.6. The highest BCUT2D eigenvalue weighted by molar-refractivity contribution is 5.96. The van der Waals surface area contributed by atoms with Gasteiger partial charge < -0.3 is 14.6 Å². The fourth-order valence-corrected chi connectivity index (χ4v) is 5.07. The van der Waals surface area contributed by atoms with E-state index >= 15 is 0 Å². The molecule has 5 rings (SSSR count). The molecule has 1 amide bonds. The first kappa shape index (κ1) is 20.8. The van der Waals surface area contributed by atoms with E-state index in [0.717, 1.165) is 23.5 Å². The van der Waals surface area contributed by atoms with E-state index in [0.29, 0.717) is 11.4 Å². The van der Waals surface area contributed by atoms with Crippen LogP contribution in [0.4, 0.5) is 5.69 Å². The Morgan fingerprint density at radius 3 is 2.56 bits per heavy atom. The summed E-state index contributed by atoms with van der Waals surface area (Å²) in [6.07, 6.45) is 5.84. The first-order valence-corrected chi connectivity index (χ1v) is 11.4. The molecule has 3 heterocycles. The molecule has 0 atom stereocenters. The molecule has 2 aliphatic heterocycles. The second-order valence-electron chi connectivity index (χ2n) is 9.04. The molecule has 2 aromatic carbocycles. The molecule has 0 unspecified atom stereocenters. The average Bonchev–Trinajstić information content (AvgIpc) is 3.14. The number of aryl methyl sites for hydroxylation is 3. The van der Waals surface area contributed by atoms with Gasteiger partial charge in [0, 0.05) is 24.7 Å². The Kier molecular flexibility index (Phi) is 5.47. The van der Waals surface area contributed by atoms with Crippen molar-refractivity contribution in [1.29, 1.82) is 0 Å². The molecule has 1 saturated heterocycles. The Morgan fingerprint density at radius 1 is 1.06 bits per heavy atom. The van der Waals surface area contributed by atoms with Crippen LogP contribution in [-0.4, -0.2) is 40.1 Å². The Hall–Kier alpha value is -3.12. The number of anilines is 1. The molecule has 2 aliphatic rings. The van der Waals surface area contributed by atoms with Crippen molar-refractivity contribution in [3.63, 3.8) is 0 Å². The number of likely N-dealkylation sites (tertiary alicyclic amines) is 1. The summed E-state index contributed by atoms with van der Waals surface area (Å²) in [5.74, 6) is 0.571. The lowest BCUT2D eigenvalue weighted by Gasteiger charge is -2.27. The molecule has 166 valence electrons. The standard InChI is InChI=1S/C26H30N4O2/c1-17-11-19(14-30-9-5-4-6-10-30)12-18(2)24(17)25-26(29(3)16-27-25)20-7-8-21-22(13-20)32-15-23(31)28-21/h7-8,11-13,16H,4-6,9-10,14-15H2,1-3H3,(H,28,31). The van der Waals surface area contributed by atoms with Crippen molar-refractivity contribution in [3.05, 3.63) is 53.3 Å². The number of carbonyl (C=O) groups is 1. The van der Waals surface area contributed by atoms with Crippen LogP contribution in [0.25, 0.3) is 22.5 Å². The normalized spacial score (nSPS) is 16.4. The molecular weight excluding hydrogens is 400 g/mol. The van der Waals surface area contributed by atoms with Crippen LogP contribution in [0.5, 0.6) is 5.75 Å². The number of nitrogens with one attached hydrogen (secondary N) is 1. The van der Waals surface area contributed by atoms with Crippen molar-refractivity contribution in [1.82, 2.24) is 14.5 Å². The number of hydrogen-bond acceptors (Lipinski definition) is 4. The number of imidazole rings is 1. The average molecular weight is 431 g/mol. The Bertz CT molecular complexity index is 1150. The van der Waals surface area contributed by atoms with E-state index in [4.69, 9.17) is 9.72 Å². The van der Waals surface area contributed by atoms with Gasteiger partial charge in [-0.05, 0) is 68.6 Å². The number of rotatable bonds is 4. The summed E-state index contributed by atoms with van der Waals surface area (Å²) < 4.78 is 7.70. The summed E-state index contributed by atoms with van der Waals surface area (Å²) >= 11 is 0. The molecule has 0 spiro atoms. The van der Waals surface area contributed by atoms with Crippen LogP contribution >= 0.6 is 0 Å². The van der Waals surface area contributed by atoms with Gasteiger partial charge >= 0.3 is 0 Å². The first-order chi connectivity index (χ1) is 15.5. The molecule has 32 heavy (non-hydrogen) atoms. The smallest absolute Gasteiger partial charge is 0.262 e. The minimum atomic E-state index is -0.123. The van der Waals surface area contributed by atoms with Crippen LogP contribution in [0.3, 0.4) is 0 Å². The van der Waals surface area contributed by atoms with Crippen LogP contribution in [0.1, 0.15) is 36.0 Å². The van der Waals surface area contributed by atoms with Crippen molar-refractivity contribution in [2.75, 3.05) is 25.0 Å². The number of hydrogen-bond donors (Lipinski definition) is 1. The predicted octanol–water partition coefficient (Wildman–Crippen LogP) is 4.69. The van der Waals surface area contributed by atoms with Crippen molar-refractivity contribution in [2.45, 2.75) is 39.7 Å². The van der Waals surface area contributed by atoms with Gasteiger partial charge in [-0.25, -0.2) is 4.98 Å². The Labute approximate surface area is 189 Å². The van der Waals surface area contributed by atoms with Crippen LogP contribution in [-0.2, 0) is 18.4 Å². The minimum absolute atomic E-state index is 0.0470. The van der Waals surface area contributed by atoms with Gasteiger partial charge in [0.05, 0.1) is 23.4 Å². The summed E-state index contributed by atoms with van der Waals surface area (Å²) in [6.45, 7) is 7.84. The van der Waals surface area contributed by atoms with E-state index in [9.17, 15) is 4.79 Å². The minimum Gasteiger partial charge on any atom is -0.482 e. The van der Waals surface area contributed by atoms with Crippen molar-refractivity contribution in [3.8, 4) is 28.3 Å². The second-order valence-corrected chi connectivity index (χ2v) is 9.04. The number of amides is 1. The van der Waals surface area contributed by atoms with Gasteiger partial charge in [-0.15, -0.1) is 0 Å². The van der Waals surface area contributed by atoms with Gasteiger partial charge in [-0.1, -0.05) is 24.6 Å².